The van der Waals surface area contributed by atoms with Crippen LogP contribution >= 0.6 is 23.1 Å². The van der Waals surface area contributed by atoms with Gasteiger partial charge in [0.05, 0.1) is 5.75 Å². The van der Waals surface area contributed by atoms with Gasteiger partial charge in [-0.1, -0.05) is 30.0 Å². The number of anilines is 1. The standard InChI is InChI=1S/C23H23N3OS2/c27-19(26-12-11-14-5-1-3-7-17(14)26)13-28-22-20-16-6-2-4-8-18(16)29-23(20)25-21(24-22)15-9-10-15/h1,3,5,7,15H,2,4,6,8-13H2. The zero-order valence-corrected chi connectivity index (χ0v) is 18.0. The van der Waals surface area contributed by atoms with Crippen LogP contribution in [0.25, 0.3) is 10.2 Å². The van der Waals surface area contributed by atoms with Gasteiger partial charge in [0.2, 0.25) is 5.91 Å². The number of hydrogen-bond acceptors (Lipinski definition) is 5. The Morgan fingerprint density at radius 3 is 2.90 bits per heavy atom. The molecule has 3 aromatic rings. The summed E-state index contributed by atoms with van der Waals surface area (Å²) in [4.78, 5) is 27.5. The Hall–Kier alpha value is -1.92. The van der Waals surface area contributed by atoms with Crippen LogP contribution in [-0.4, -0.2) is 28.2 Å². The molecule has 1 fully saturated rings. The Labute approximate surface area is 178 Å². The monoisotopic (exact) mass is 421 g/mol. The van der Waals surface area contributed by atoms with Crippen LogP contribution in [0.1, 0.15) is 53.4 Å². The molecule has 29 heavy (non-hydrogen) atoms. The van der Waals surface area contributed by atoms with Crippen molar-refractivity contribution in [2.75, 3.05) is 17.2 Å². The van der Waals surface area contributed by atoms with Crippen LogP contribution in [0.3, 0.4) is 0 Å². The third kappa shape index (κ3) is 3.17. The van der Waals surface area contributed by atoms with E-state index < -0.39 is 0 Å². The van der Waals surface area contributed by atoms with E-state index in [0.29, 0.717) is 11.7 Å². The van der Waals surface area contributed by atoms with Gasteiger partial charge in [0.1, 0.15) is 15.7 Å². The largest absolute Gasteiger partial charge is 0.311 e. The van der Waals surface area contributed by atoms with Crippen LogP contribution in [0, 0.1) is 0 Å². The predicted molar refractivity (Wildman–Crippen MR) is 119 cm³/mol. The van der Waals surface area contributed by atoms with E-state index in [0.717, 1.165) is 40.8 Å². The van der Waals surface area contributed by atoms with Gasteiger partial charge < -0.3 is 4.90 Å². The Bertz CT molecular complexity index is 1120. The van der Waals surface area contributed by atoms with Crippen molar-refractivity contribution in [2.24, 2.45) is 0 Å². The first-order chi connectivity index (χ1) is 14.3. The van der Waals surface area contributed by atoms with Crippen LogP contribution in [0.5, 0.6) is 0 Å². The average Bonchev–Trinajstić information content (AvgIpc) is 3.40. The van der Waals surface area contributed by atoms with Gasteiger partial charge in [0, 0.05) is 28.4 Å². The smallest absolute Gasteiger partial charge is 0.237 e. The fourth-order valence-corrected chi connectivity index (χ4v) is 6.84. The second kappa shape index (κ2) is 7.10. The van der Waals surface area contributed by atoms with E-state index in [2.05, 4.69) is 18.2 Å². The highest BCUT2D eigenvalue weighted by atomic mass is 32.2. The van der Waals surface area contributed by atoms with Gasteiger partial charge >= 0.3 is 0 Å². The highest BCUT2D eigenvalue weighted by molar-refractivity contribution is 8.00. The summed E-state index contributed by atoms with van der Waals surface area (Å²) in [5.41, 5.74) is 3.82. The summed E-state index contributed by atoms with van der Waals surface area (Å²) in [6.45, 7) is 0.791. The molecule has 0 spiro atoms. The number of thioether (sulfide) groups is 1. The second-order valence-corrected chi connectivity index (χ2v) is 10.3. The first-order valence-corrected chi connectivity index (χ1v) is 12.4. The van der Waals surface area contributed by atoms with Crippen molar-refractivity contribution in [3.05, 3.63) is 46.1 Å². The van der Waals surface area contributed by atoms with Gasteiger partial charge in [-0.05, 0) is 62.1 Å². The molecule has 6 rings (SSSR count). The van der Waals surface area contributed by atoms with Crippen molar-refractivity contribution in [1.82, 2.24) is 9.97 Å². The van der Waals surface area contributed by atoms with Crippen molar-refractivity contribution >= 4 is 44.9 Å². The van der Waals surface area contributed by atoms with E-state index in [9.17, 15) is 4.79 Å². The van der Waals surface area contributed by atoms with Crippen molar-refractivity contribution in [2.45, 2.75) is 55.9 Å². The van der Waals surface area contributed by atoms with Crippen LogP contribution in [-0.2, 0) is 24.1 Å². The fraction of sp³-hybridized carbons (Fsp3) is 0.435. The number of aryl methyl sites for hydroxylation is 2. The lowest BCUT2D eigenvalue weighted by atomic mass is 9.97. The number of benzene rings is 1. The number of carbonyl (C=O) groups is 1. The molecule has 0 atom stereocenters. The number of aromatic nitrogens is 2. The van der Waals surface area contributed by atoms with E-state index in [1.54, 1.807) is 11.8 Å². The van der Waals surface area contributed by atoms with E-state index in [-0.39, 0.29) is 5.91 Å². The van der Waals surface area contributed by atoms with E-state index in [1.165, 1.54) is 53.5 Å². The summed E-state index contributed by atoms with van der Waals surface area (Å²) in [6.07, 6.45) is 8.17. The Kier molecular flexibility index (Phi) is 4.38. The third-order valence-electron chi connectivity index (χ3n) is 6.26. The summed E-state index contributed by atoms with van der Waals surface area (Å²) in [5.74, 6) is 2.15. The molecule has 0 saturated heterocycles. The third-order valence-corrected chi connectivity index (χ3v) is 8.41. The molecule has 1 aliphatic heterocycles. The summed E-state index contributed by atoms with van der Waals surface area (Å²) < 4.78 is 0. The molecule has 0 unspecified atom stereocenters. The minimum atomic E-state index is 0.184. The number of nitrogens with zero attached hydrogens (tertiary/aromatic N) is 3. The molecule has 0 N–H and O–H groups in total. The summed E-state index contributed by atoms with van der Waals surface area (Å²) in [6, 6.07) is 8.26. The van der Waals surface area contributed by atoms with Crippen LogP contribution < -0.4 is 4.90 Å². The van der Waals surface area contributed by atoms with Gasteiger partial charge in [0.25, 0.3) is 0 Å². The summed E-state index contributed by atoms with van der Waals surface area (Å²) >= 11 is 3.48. The van der Waals surface area contributed by atoms with Gasteiger partial charge in [-0.15, -0.1) is 11.3 Å². The lowest BCUT2D eigenvalue weighted by molar-refractivity contribution is -0.116. The summed E-state index contributed by atoms with van der Waals surface area (Å²) in [7, 11) is 0. The molecule has 1 amide bonds. The molecule has 0 bridgehead atoms. The molecule has 4 nitrogen and oxygen atoms in total. The molecule has 2 aromatic heterocycles. The minimum Gasteiger partial charge on any atom is -0.311 e. The molecular formula is C23H23N3OS2. The van der Waals surface area contributed by atoms with Crippen LogP contribution in [0.2, 0.25) is 0 Å². The number of amides is 1. The van der Waals surface area contributed by atoms with E-state index in [1.807, 2.05) is 22.3 Å². The lowest BCUT2D eigenvalue weighted by Gasteiger charge is -2.17. The molecule has 148 valence electrons. The molecule has 1 saturated carbocycles. The van der Waals surface area contributed by atoms with Crippen LogP contribution in [0.4, 0.5) is 5.69 Å². The molecule has 3 aliphatic rings. The van der Waals surface area contributed by atoms with E-state index >= 15 is 0 Å². The van der Waals surface area contributed by atoms with Gasteiger partial charge in [0.15, 0.2) is 0 Å². The zero-order valence-electron chi connectivity index (χ0n) is 16.3. The van der Waals surface area contributed by atoms with Crippen molar-refractivity contribution in [3.8, 4) is 0 Å². The topological polar surface area (TPSA) is 46.1 Å². The molecule has 3 heterocycles. The van der Waals surface area contributed by atoms with Gasteiger partial charge in [-0.25, -0.2) is 9.97 Å². The number of fused-ring (bicyclic) bond motifs is 4. The normalized spacial score (nSPS) is 18.1. The van der Waals surface area contributed by atoms with Crippen molar-refractivity contribution in [1.29, 1.82) is 0 Å². The Balaban J connectivity index is 1.31. The first-order valence-electron chi connectivity index (χ1n) is 10.6. The van der Waals surface area contributed by atoms with Crippen molar-refractivity contribution in [3.63, 3.8) is 0 Å². The fourth-order valence-electron chi connectivity index (χ4n) is 4.57. The zero-order chi connectivity index (χ0) is 19.4. The van der Waals surface area contributed by atoms with Gasteiger partial charge in [-0.2, -0.15) is 0 Å². The minimum absolute atomic E-state index is 0.184. The number of hydrogen-bond donors (Lipinski definition) is 0. The maximum Gasteiger partial charge on any atom is 0.237 e. The summed E-state index contributed by atoms with van der Waals surface area (Å²) in [5, 5.41) is 2.28. The molecular weight excluding hydrogens is 398 g/mol. The maximum absolute atomic E-state index is 13.0. The molecule has 1 aromatic carbocycles. The number of thiophene rings is 1. The lowest BCUT2D eigenvalue weighted by Crippen LogP contribution is -2.30. The van der Waals surface area contributed by atoms with Gasteiger partial charge in [-0.3, -0.25) is 4.79 Å². The Morgan fingerprint density at radius 2 is 2.00 bits per heavy atom. The molecule has 0 radical (unpaired) electrons. The number of para-hydroxylation sites is 1. The second-order valence-electron chi connectivity index (χ2n) is 8.27. The maximum atomic E-state index is 13.0. The highest BCUT2D eigenvalue weighted by Gasteiger charge is 2.30. The number of carbonyl (C=O) groups excluding carboxylic acids is 1. The quantitative estimate of drug-likeness (QED) is 0.433. The molecule has 6 heteroatoms. The highest BCUT2D eigenvalue weighted by Crippen LogP contribution is 2.44. The van der Waals surface area contributed by atoms with Crippen LogP contribution in [0.15, 0.2) is 29.3 Å². The molecule has 2 aliphatic carbocycles. The predicted octanol–water partition coefficient (Wildman–Crippen LogP) is 5.13. The number of rotatable bonds is 4. The average molecular weight is 422 g/mol. The SMILES string of the molecule is O=C(CSc1nc(C2CC2)nc2sc3c(c12)CCCC3)N1CCc2ccccc21. The van der Waals surface area contributed by atoms with E-state index in [4.69, 9.17) is 9.97 Å². The first kappa shape index (κ1) is 17.9. The Morgan fingerprint density at radius 1 is 1.14 bits per heavy atom. The van der Waals surface area contributed by atoms with Crippen molar-refractivity contribution < 1.29 is 4.79 Å².